The monoisotopic (exact) mass is 470 g/mol. The molecule has 2 aromatic rings. The fourth-order valence-electron chi connectivity index (χ4n) is 4.49. The fourth-order valence-corrected chi connectivity index (χ4v) is 4.60. The molecule has 10 heteroatoms. The molecule has 0 aliphatic carbocycles. The van der Waals surface area contributed by atoms with Crippen LogP contribution in [0.5, 0.6) is 0 Å². The van der Waals surface area contributed by atoms with Gasteiger partial charge >= 0.3 is 6.09 Å². The number of anilines is 2. The van der Waals surface area contributed by atoms with Crippen molar-refractivity contribution in [2.24, 2.45) is 0 Å². The highest BCUT2D eigenvalue weighted by molar-refractivity contribution is 6.29. The van der Waals surface area contributed by atoms with Gasteiger partial charge < -0.3 is 19.3 Å². The van der Waals surface area contributed by atoms with Crippen LogP contribution >= 0.6 is 11.6 Å². The number of aromatic nitrogens is 1. The number of rotatable bonds is 3. The number of carbonyl (C=O) groups is 3. The summed E-state index contributed by atoms with van der Waals surface area (Å²) in [7, 11) is 0. The van der Waals surface area contributed by atoms with Crippen LogP contribution in [0, 0.1) is 0 Å². The number of piperidine rings is 1. The van der Waals surface area contributed by atoms with Crippen LogP contribution in [0.15, 0.2) is 42.6 Å². The van der Waals surface area contributed by atoms with Crippen molar-refractivity contribution >= 4 is 40.9 Å². The third-order valence-electron chi connectivity index (χ3n) is 6.37. The van der Waals surface area contributed by atoms with Gasteiger partial charge in [0.2, 0.25) is 0 Å². The summed E-state index contributed by atoms with van der Waals surface area (Å²) in [5, 5.41) is 0.340. The number of hydrogen-bond donors (Lipinski definition) is 0. The average Bonchev–Trinajstić information content (AvgIpc) is 3.15. The van der Waals surface area contributed by atoms with E-state index in [1.54, 1.807) is 26.8 Å². The van der Waals surface area contributed by atoms with E-state index in [1.165, 1.54) is 6.20 Å². The summed E-state index contributed by atoms with van der Waals surface area (Å²) in [6, 6.07) is 10.6. The van der Waals surface area contributed by atoms with Gasteiger partial charge in [-0.25, -0.2) is 9.78 Å². The highest BCUT2D eigenvalue weighted by atomic mass is 35.5. The Kier molecular flexibility index (Phi) is 5.67. The summed E-state index contributed by atoms with van der Waals surface area (Å²) in [4.78, 5) is 46.5. The van der Waals surface area contributed by atoms with Gasteiger partial charge in [-0.1, -0.05) is 11.6 Å². The summed E-state index contributed by atoms with van der Waals surface area (Å²) >= 11 is 5.81. The van der Waals surface area contributed by atoms with Crippen molar-refractivity contribution in [1.82, 2.24) is 9.88 Å². The summed E-state index contributed by atoms with van der Waals surface area (Å²) in [5.74, 6) is -0.187. The van der Waals surface area contributed by atoms with Crippen LogP contribution in [-0.2, 0) is 14.3 Å². The first-order chi connectivity index (χ1) is 15.9. The van der Waals surface area contributed by atoms with Gasteiger partial charge in [-0.15, -0.1) is 0 Å². The van der Waals surface area contributed by atoms with Crippen molar-refractivity contribution in [1.29, 1.82) is 0 Å². The molecule has 3 amide bonds. The Morgan fingerprint density at radius 1 is 0.970 bits per heavy atom. The predicted octanol–water partition coefficient (Wildman–Crippen LogP) is 2.73. The third kappa shape index (κ3) is 4.26. The number of carbonyl (C=O) groups excluding carboxylic acids is 3. The fraction of sp³-hybridized carbons (Fsp3) is 0.391. The van der Waals surface area contributed by atoms with E-state index in [0.29, 0.717) is 62.0 Å². The van der Waals surface area contributed by atoms with Gasteiger partial charge in [0.15, 0.2) is 0 Å². The molecule has 0 bridgehead atoms. The Morgan fingerprint density at radius 3 is 2.30 bits per heavy atom. The maximum atomic E-state index is 12.7. The zero-order chi connectivity index (χ0) is 23.0. The zero-order valence-corrected chi connectivity index (χ0v) is 18.7. The van der Waals surface area contributed by atoms with Crippen molar-refractivity contribution in [3.8, 4) is 0 Å². The van der Waals surface area contributed by atoms with Crippen LogP contribution < -0.4 is 9.80 Å². The van der Waals surface area contributed by atoms with Gasteiger partial charge in [0.05, 0.1) is 18.7 Å². The van der Waals surface area contributed by atoms with E-state index in [0.717, 1.165) is 5.69 Å². The van der Waals surface area contributed by atoms with Gasteiger partial charge in [-0.2, -0.15) is 0 Å². The number of nitrogens with zero attached hydrogens (tertiary/aromatic N) is 4. The topological polar surface area (TPSA) is 92.3 Å². The lowest BCUT2D eigenvalue weighted by atomic mass is 9.91. The second-order valence-electron chi connectivity index (χ2n) is 8.41. The Bertz CT molecular complexity index is 1070. The molecule has 0 saturated carbocycles. The molecule has 4 heterocycles. The second kappa shape index (κ2) is 8.64. The molecule has 0 N–H and O–H groups in total. The van der Waals surface area contributed by atoms with Crippen molar-refractivity contribution in [3.05, 3.63) is 53.3 Å². The normalized spacial score (nSPS) is 20.3. The molecule has 9 nitrogen and oxygen atoms in total. The zero-order valence-electron chi connectivity index (χ0n) is 17.9. The summed E-state index contributed by atoms with van der Waals surface area (Å²) in [6.45, 7) is 2.49. The Morgan fingerprint density at radius 2 is 1.67 bits per heavy atom. The molecule has 3 saturated heterocycles. The molecule has 3 aliphatic heterocycles. The van der Waals surface area contributed by atoms with Crippen LogP contribution in [0.25, 0.3) is 0 Å². The van der Waals surface area contributed by atoms with E-state index in [1.807, 2.05) is 24.3 Å². The first-order valence-corrected chi connectivity index (χ1v) is 11.2. The predicted molar refractivity (Wildman–Crippen MR) is 121 cm³/mol. The minimum Gasteiger partial charge on any atom is -0.440 e. The van der Waals surface area contributed by atoms with Crippen LogP contribution in [0.4, 0.5) is 16.2 Å². The Hall–Kier alpha value is -3.17. The number of halogens is 1. The molecule has 1 aromatic carbocycles. The van der Waals surface area contributed by atoms with E-state index in [9.17, 15) is 14.4 Å². The lowest BCUT2D eigenvalue weighted by Gasteiger charge is -2.37. The summed E-state index contributed by atoms with van der Waals surface area (Å²) in [6.07, 6.45) is 2.19. The quantitative estimate of drug-likeness (QED) is 0.640. The molecule has 3 fully saturated rings. The van der Waals surface area contributed by atoms with Crippen LogP contribution in [-0.4, -0.2) is 72.8 Å². The van der Waals surface area contributed by atoms with E-state index >= 15 is 0 Å². The molecule has 33 heavy (non-hydrogen) atoms. The number of amides is 3. The highest BCUT2D eigenvalue weighted by Crippen LogP contribution is 2.36. The Labute approximate surface area is 195 Å². The van der Waals surface area contributed by atoms with Crippen LogP contribution in [0.3, 0.4) is 0 Å². The molecule has 3 aliphatic rings. The Balaban J connectivity index is 1.23. The first-order valence-electron chi connectivity index (χ1n) is 10.8. The molecule has 1 aromatic heterocycles. The van der Waals surface area contributed by atoms with E-state index < -0.39 is 11.7 Å². The van der Waals surface area contributed by atoms with E-state index in [2.05, 4.69) is 4.98 Å². The molecular weight excluding hydrogens is 448 g/mol. The molecule has 1 spiro atoms. The molecular formula is C23H23ClN4O5. The average molecular weight is 471 g/mol. The molecule has 0 radical (unpaired) electrons. The lowest BCUT2D eigenvalue weighted by molar-refractivity contribution is -0.125. The second-order valence-corrected chi connectivity index (χ2v) is 8.80. The van der Waals surface area contributed by atoms with Crippen molar-refractivity contribution in [3.63, 3.8) is 0 Å². The third-order valence-corrected chi connectivity index (χ3v) is 6.59. The summed E-state index contributed by atoms with van der Waals surface area (Å²) in [5.41, 5.74) is 1.36. The molecule has 0 unspecified atom stereocenters. The largest absolute Gasteiger partial charge is 0.440 e. The molecule has 0 atom stereocenters. The number of hydrogen-bond acceptors (Lipinski definition) is 6. The molecule has 172 valence electrons. The first kappa shape index (κ1) is 21.7. The standard InChI is InChI=1S/C23H23ClN4O5/c24-19-6-1-16(13-25-19)21(30)26-9-7-23(8-10-26)15-28(22(31)33-23)18-4-2-17(3-5-18)27-11-12-32-14-20(27)29/h1-6,13H,7-12,14-15H2. The van der Waals surface area contributed by atoms with Gasteiger partial charge in [0.25, 0.3) is 11.8 Å². The van der Waals surface area contributed by atoms with Crippen LogP contribution in [0.1, 0.15) is 23.2 Å². The smallest absolute Gasteiger partial charge is 0.415 e. The van der Waals surface area contributed by atoms with Crippen molar-refractivity contribution < 1.29 is 23.9 Å². The van der Waals surface area contributed by atoms with E-state index in [-0.39, 0.29) is 18.4 Å². The van der Waals surface area contributed by atoms with Gasteiger partial charge in [0.1, 0.15) is 17.4 Å². The maximum absolute atomic E-state index is 12.7. The van der Waals surface area contributed by atoms with Gasteiger partial charge in [-0.05, 0) is 36.4 Å². The van der Waals surface area contributed by atoms with Gasteiger partial charge in [0, 0.05) is 50.0 Å². The molecule has 5 rings (SSSR count). The number of benzene rings is 1. The lowest BCUT2D eigenvalue weighted by Crippen LogP contribution is -2.48. The minimum atomic E-state index is -0.620. The highest BCUT2D eigenvalue weighted by Gasteiger charge is 2.48. The maximum Gasteiger partial charge on any atom is 0.415 e. The SMILES string of the molecule is O=C(c1ccc(Cl)nc1)N1CCC2(CC1)CN(c1ccc(N3CCOCC3=O)cc1)C(=O)O2. The van der Waals surface area contributed by atoms with Crippen molar-refractivity contribution in [2.45, 2.75) is 18.4 Å². The number of pyridine rings is 1. The number of morpholine rings is 1. The number of ether oxygens (including phenoxy) is 2. The minimum absolute atomic E-state index is 0.0794. The number of likely N-dealkylation sites (tertiary alicyclic amines) is 1. The van der Waals surface area contributed by atoms with Crippen LogP contribution in [0.2, 0.25) is 5.15 Å². The van der Waals surface area contributed by atoms with Gasteiger partial charge in [-0.3, -0.25) is 14.5 Å². The summed E-state index contributed by atoms with van der Waals surface area (Å²) < 4.78 is 11.0. The van der Waals surface area contributed by atoms with E-state index in [4.69, 9.17) is 21.1 Å². The van der Waals surface area contributed by atoms with Crippen molar-refractivity contribution in [2.75, 3.05) is 49.2 Å².